The van der Waals surface area contributed by atoms with Crippen molar-refractivity contribution in [2.75, 3.05) is 20.2 Å². The Labute approximate surface area is 193 Å². The number of thiophene rings is 1. The van der Waals surface area contributed by atoms with Crippen LogP contribution < -0.4 is 20.7 Å². The Hall–Kier alpha value is -1.81. The number of carbonyl (C=O) groups excluding carboxylic acids is 1. The molecule has 0 atom stereocenters. The maximum Gasteiger partial charge on any atom is 0.258 e. The number of hydrogen-bond donors (Lipinski definition) is 3. The number of aliphatic imine (C=N–C) groups is 1. The van der Waals surface area contributed by atoms with E-state index in [0.717, 1.165) is 38.3 Å². The molecule has 158 valence electrons. The van der Waals surface area contributed by atoms with Gasteiger partial charge in [0.25, 0.3) is 5.91 Å². The van der Waals surface area contributed by atoms with Gasteiger partial charge in [0.05, 0.1) is 6.54 Å². The van der Waals surface area contributed by atoms with Crippen LogP contribution in [0.3, 0.4) is 0 Å². The van der Waals surface area contributed by atoms with Crippen LogP contribution in [0.25, 0.3) is 0 Å². The van der Waals surface area contributed by atoms with E-state index in [1.54, 1.807) is 18.4 Å². The molecule has 0 unspecified atom stereocenters. The third-order valence-corrected chi connectivity index (χ3v) is 5.57. The summed E-state index contributed by atoms with van der Waals surface area (Å²) in [4.78, 5) is 17.2. The van der Waals surface area contributed by atoms with E-state index in [0.29, 0.717) is 11.8 Å². The number of nitrogens with zero attached hydrogens (tertiary/aromatic N) is 1. The summed E-state index contributed by atoms with van der Waals surface area (Å²) in [6.07, 6.45) is 3.05. The summed E-state index contributed by atoms with van der Waals surface area (Å²) in [5.41, 5.74) is 2.51. The highest BCUT2D eigenvalue weighted by molar-refractivity contribution is 14.0. The molecule has 2 aromatic rings. The Morgan fingerprint density at radius 1 is 1.21 bits per heavy atom. The maximum absolute atomic E-state index is 11.7. The molecular weight excluding hydrogens is 499 g/mol. The zero-order valence-corrected chi connectivity index (χ0v) is 20.0. The van der Waals surface area contributed by atoms with Crippen LogP contribution in [0.4, 0.5) is 0 Å². The van der Waals surface area contributed by atoms with Crippen LogP contribution in [0.1, 0.15) is 28.8 Å². The average molecular weight is 528 g/mol. The molecule has 6 nitrogen and oxygen atoms in total. The molecule has 1 aliphatic rings. The van der Waals surface area contributed by atoms with Crippen LogP contribution >= 0.6 is 35.3 Å². The highest BCUT2D eigenvalue weighted by Crippen LogP contribution is 2.18. The number of amides is 1. The molecule has 0 spiro atoms. The van der Waals surface area contributed by atoms with Gasteiger partial charge in [0.15, 0.2) is 12.6 Å². The van der Waals surface area contributed by atoms with Gasteiger partial charge in [-0.15, -0.1) is 35.3 Å². The Morgan fingerprint density at radius 2 is 1.97 bits per heavy atom. The van der Waals surface area contributed by atoms with E-state index in [4.69, 9.17) is 4.74 Å². The Balaban J connectivity index is 0.00000300. The minimum absolute atomic E-state index is 0. The molecular formula is C21H29IN4O2S. The van der Waals surface area contributed by atoms with Crippen molar-refractivity contribution in [1.29, 1.82) is 0 Å². The SMILES string of the molecule is CN=C(NCCc1ccc(OCC(=O)NC2CC2)cc1)NCc1sccc1C.I. The fraction of sp³-hybridized carbons (Fsp3) is 0.429. The van der Waals surface area contributed by atoms with Crippen molar-refractivity contribution in [2.24, 2.45) is 4.99 Å². The van der Waals surface area contributed by atoms with E-state index in [1.807, 2.05) is 24.3 Å². The van der Waals surface area contributed by atoms with Crippen molar-refractivity contribution in [3.8, 4) is 5.75 Å². The minimum atomic E-state index is -0.0487. The summed E-state index contributed by atoms with van der Waals surface area (Å²) in [5, 5.41) is 11.7. The molecule has 0 bridgehead atoms. The molecule has 29 heavy (non-hydrogen) atoms. The number of benzene rings is 1. The zero-order valence-electron chi connectivity index (χ0n) is 16.9. The van der Waals surface area contributed by atoms with Gasteiger partial charge in [-0.05, 0) is 60.9 Å². The van der Waals surface area contributed by atoms with Crippen molar-refractivity contribution in [3.05, 3.63) is 51.7 Å². The summed E-state index contributed by atoms with van der Waals surface area (Å²) >= 11 is 1.75. The minimum Gasteiger partial charge on any atom is -0.484 e. The summed E-state index contributed by atoms with van der Waals surface area (Å²) in [7, 11) is 1.78. The second-order valence-electron chi connectivity index (χ2n) is 6.90. The van der Waals surface area contributed by atoms with Gasteiger partial charge in [-0.2, -0.15) is 0 Å². The molecule has 0 aliphatic heterocycles. The zero-order chi connectivity index (χ0) is 19.8. The predicted octanol–water partition coefficient (Wildman–Crippen LogP) is 3.24. The number of halogens is 1. The third kappa shape index (κ3) is 8.22. The number of guanidine groups is 1. The smallest absolute Gasteiger partial charge is 0.258 e. The van der Waals surface area contributed by atoms with E-state index < -0.39 is 0 Å². The normalized spacial score (nSPS) is 13.4. The average Bonchev–Trinajstić information content (AvgIpc) is 3.42. The lowest BCUT2D eigenvalue weighted by Gasteiger charge is -2.12. The van der Waals surface area contributed by atoms with Crippen molar-refractivity contribution in [3.63, 3.8) is 0 Å². The lowest BCUT2D eigenvalue weighted by atomic mass is 10.1. The van der Waals surface area contributed by atoms with Gasteiger partial charge in [0.1, 0.15) is 5.75 Å². The summed E-state index contributed by atoms with van der Waals surface area (Å²) < 4.78 is 5.53. The molecule has 0 saturated heterocycles. The van der Waals surface area contributed by atoms with E-state index in [9.17, 15) is 4.79 Å². The third-order valence-electron chi connectivity index (χ3n) is 4.55. The Kier molecular flexibility index (Phi) is 9.72. The molecule has 1 saturated carbocycles. The lowest BCUT2D eigenvalue weighted by molar-refractivity contribution is -0.123. The molecule has 3 N–H and O–H groups in total. The van der Waals surface area contributed by atoms with E-state index >= 15 is 0 Å². The first-order valence-corrected chi connectivity index (χ1v) is 10.5. The van der Waals surface area contributed by atoms with Gasteiger partial charge >= 0.3 is 0 Å². The number of ether oxygens (including phenoxy) is 1. The standard InChI is InChI=1S/C21H28N4O2S.HI/c1-15-10-12-28-19(15)13-24-21(22-2)23-11-9-16-3-7-18(8-4-16)27-14-20(26)25-17-5-6-17;/h3-4,7-8,10,12,17H,5-6,9,11,13-14H2,1-2H3,(H,25,26)(H2,22,23,24);1H. The van der Waals surface area contributed by atoms with Gasteiger partial charge in [0, 0.05) is 24.5 Å². The van der Waals surface area contributed by atoms with Crippen LogP contribution in [0.15, 0.2) is 40.7 Å². The molecule has 1 aliphatic carbocycles. The number of carbonyl (C=O) groups is 1. The first-order valence-electron chi connectivity index (χ1n) is 9.62. The predicted molar refractivity (Wildman–Crippen MR) is 129 cm³/mol. The molecule has 1 heterocycles. The van der Waals surface area contributed by atoms with Crippen LogP contribution in [-0.4, -0.2) is 38.1 Å². The summed E-state index contributed by atoms with van der Waals surface area (Å²) in [6, 6.07) is 10.4. The van der Waals surface area contributed by atoms with Crippen molar-refractivity contribution in [1.82, 2.24) is 16.0 Å². The first-order chi connectivity index (χ1) is 13.6. The molecule has 3 rings (SSSR count). The van der Waals surface area contributed by atoms with Gasteiger partial charge in [-0.25, -0.2) is 0 Å². The molecule has 0 radical (unpaired) electrons. The highest BCUT2D eigenvalue weighted by Gasteiger charge is 2.23. The van der Waals surface area contributed by atoms with Crippen LogP contribution in [-0.2, 0) is 17.8 Å². The van der Waals surface area contributed by atoms with E-state index in [-0.39, 0.29) is 36.5 Å². The quantitative estimate of drug-likeness (QED) is 0.266. The highest BCUT2D eigenvalue weighted by atomic mass is 127. The lowest BCUT2D eigenvalue weighted by Crippen LogP contribution is -2.37. The molecule has 8 heteroatoms. The van der Waals surface area contributed by atoms with E-state index in [2.05, 4.69) is 39.3 Å². The molecule has 1 aromatic carbocycles. The van der Waals surface area contributed by atoms with Crippen molar-refractivity contribution in [2.45, 2.75) is 38.8 Å². The molecule has 1 aromatic heterocycles. The van der Waals surface area contributed by atoms with Gasteiger partial charge in [-0.1, -0.05) is 12.1 Å². The number of rotatable bonds is 9. The maximum atomic E-state index is 11.7. The number of hydrogen-bond acceptors (Lipinski definition) is 4. The molecule has 1 amide bonds. The first kappa shape index (κ1) is 23.5. The number of nitrogens with one attached hydrogen (secondary N) is 3. The fourth-order valence-corrected chi connectivity index (χ4v) is 3.54. The second-order valence-corrected chi connectivity index (χ2v) is 7.90. The number of aryl methyl sites for hydroxylation is 1. The van der Waals surface area contributed by atoms with Crippen molar-refractivity contribution < 1.29 is 9.53 Å². The largest absolute Gasteiger partial charge is 0.484 e. The van der Waals surface area contributed by atoms with Gasteiger partial charge in [-0.3, -0.25) is 9.79 Å². The van der Waals surface area contributed by atoms with Crippen LogP contribution in [0.2, 0.25) is 0 Å². The van der Waals surface area contributed by atoms with Crippen LogP contribution in [0, 0.1) is 6.92 Å². The van der Waals surface area contributed by atoms with Gasteiger partial charge < -0.3 is 20.7 Å². The van der Waals surface area contributed by atoms with Gasteiger partial charge in [0.2, 0.25) is 0 Å². The van der Waals surface area contributed by atoms with Crippen LogP contribution in [0.5, 0.6) is 5.75 Å². The summed E-state index contributed by atoms with van der Waals surface area (Å²) in [6.45, 7) is 3.76. The Morgan fingerprint density at radius 3 is 2.59 bits per heavy atom. The van der Waals surface area contributed by atoms with Crippen molar-refractivity contribution >= 4 is 47.2 Å². The monoisotopic (exact) mass is 528 g/mol. The molecule has 1 fully saturated rings. The van der Waals surface area contributed by atoms with E-state index in [1.165, 1.54) is 16.0 Å². The Bertz CT molecular complexity index is 803. The fourth-order valence-electron chi connectivity index (χ4n) is 2.69. The topological polar surface area (TPSA) is 74.8 Å². The summed E-state index contributed by atoms with van der Waals surface area (Å²) in [5.74, 6) is 1.47. The second kappa shape index (κ2) is 12.0.